The summed E-state index contributed by atoms with van der Waals surface area (Å²) in [4.78, 5) is 2.66. The lowest BCUT2D eigenvalue weighted by atomic mass is 10.0. The third kappa shape index (κ3) is 3.20. The first kappa shape index (κ1) is 13.6. The van der Waals surface area contributed by atoms with Crippen LogP contribution in [0, 0.1) is 17.2 Å². The molecule has 2 fully saturated rings. The average Bonchev–Trinajstić information content (AvgIpc) is 3.24. The van der Waals surface area contributed by atoms with Gasteiger partial charge in [0.1, 0.15) is 0 Å². The Morgan fingerprint density at radius 1 is 1.40 bits per heavy atom. The van der Waals surface area contributed by atoms with E-state index in [9.17, 15) is 0 Å². The fourth-order valence-corrected chi connectivity index (χ4v) is 3.14. The van der Waals surface area contributed by atoms with Gasteiger partial charge in [0, 0.05) is 18.6 Å². The van der Waals surface area contributed by atoms with Crippen LogP contribution in [0.25, 0.3) is 0 Å². The molecule has 1 heterocycles. The van der Waals surface area contributed by atoms with E-state index in [0.717, 1.165) is 24.1 Å². The Labute approximate surface area is 121 Å². The van der Waals surface area contributed by atoms with E-state index in [1.807, 2.05) is 18.2 Å². The van der Waals surface area contributed by atoms with Crippen LogP contribution in [0.4, 0.5) is 0 Å². The Bertz CT molecular complexity index is 501. The van der Waals surface area contributed by atoms with Gasteiger partial charge in [-0.15, -0.1) is 0 Å². The third-order valence-corrected chi connectivity index (χ3v) is 4.61. The number of hydrogen-bond acceptors (Lipinski definition) is 3. The van der Waals surface area contributed by atoms with Crippen LogP contribution < -0.4 is 5.32 Å². The van der Waals surface area contributed by atoms with Crippen LogP contribution >= 0.6 is 0 Å². The van der Waals surface area contributed by atoms with Crippen molar-refractivity contribution in [2.75, 3.05) is 19.6 Å². The molecule has 3 heteroatoms. The van der Waals surface area contributed by atoms with Crippen LogP contribution in [-0.4, -0.2) is 30.6 Å². The van der Waals surface area contributed by atoms with E-state index in [1.165, 1.54) is 37.9 Å². The van der Waals surface area contributed by atoms with E-state index in [0.29, 0.717) is 6.04 Å². The van der Waals surface area contributed by atoms with Crippen LogP contribution in [-0.2, 0) is 0 Å². The minimum absolute atomic E-state index is 0.318. The zero-order valence-corrected chi connectivity index (χ0v) is 12.2. The van der Waals surface area contributed by atoms with Crippen LogP contribution in [0.15, 0.2) is 24.3 Å². The van der Waals surface area contributed by atoms with E-state index < -0.39 is 0 Å². The van der Waals surface area contributed by atoms with Gasteiger partial charge in [-0.05, 0) is 62.9 Å². The molecule has 0 spiro atoms. The van der Waals surface area contributed by atoms with Crippen LogP contribution in [0.1, 0.15) is 43.4 Å². The summed E-state index contributed by atoms with van der Waals surface area (Å²) < 4.78 is 0. The first-order chi connectivity index (χ1) is 9.76. The van der Waals surface area contributed by atoms with Gasteiger partial charge in [-0.3, -0.25) is 0 Å². The van der Waals surface area contributed by atoms with E-state index in [-0.39, 0.29) is 0 Å². The molecule has 1 aromatic rings. The SMILES string of the molecule is CC(NCC1CCN(C2CC2)C1)c1cccc(C#N)c1. The zero-order valence-electron chi connectivity index (χ0n) is 12.2. The Kier molecular flexibility index (Phi) is 4.05. The molecule has 2 unspecified atom stereocenters. The lowest BCUT2D eigenvalue weighted by Crippen LogP contribution is -2.29. The minimum atomic E-state index is 0.318. The van der Waals surface area contributed by atoms with Crippen molar-refractivity contribution in [3.05, 3.63) is 35.4 Å². The third-order valence-electron chi connectivity index (χ3n) is 4.61. The highest BCUT2D eigenvalue weighted by Crippen LogP contribution is 2.31. The number of benzene rings is 1. The summed E-state index contributed by atoms with van der Waals surface area (Å²) in [5.74, 6) is 0.789. The fourth-order valence-electron chi connectivity index (χ4n) is 3.14. The molecule has 0 amide bonds. The number of hydrogen-bond donors (Lipinski definition) is 1. The molecule has 3 rings (SSSR count). The van der Waals surface area contributed by atoms with Crippen molar-refractivity contribution in [2.45, 2.75) is 38.3 Å². The normalized spacial score (nSPS) is 24.5. The summed E-state index contributed by atoms with van der Waals surface area (Å²) in [6, 6.07) is 11.4. The largest absolute Gasteiger partial charge is 0.310 e. The molecule has 1 saturated heterocycles. The van der Waals surface area contributed by atoms with Gasteiger partial charge in [0.25, 0.3) is 0 Å². The van der Waals surface area contributed by atoms with Crippen LogP contribution in [0.2, 0.25) is 0 Å². The van der Waals surface area contributed by atoms with Gasteiger partial charge >= 0.3 is 0 Å². The van der Waals surface area contributed by atoms with Crippen molar-refractivity contribution in [1.82, 2.24) is 10.2 Å². The average molecular weight is 269 g/mol. The number of rotatable bonds is 5. The lowest BCUT2D eigenvalue weighted by molar-refractivity contribution is 0.310. The van der Waals surface area contributed by atoms with Crippen LogP contribution in [0.5, 0.6) is 0 Å². The standard InChI is InChI=1S/C17H23N3/c1-13(16-4-2-3-14(9-16)10-18)19-11-15-7-8-20(12-15)17-5-6-17/h2-4,9,13,15,17,19H,5-8,11-12H2,1H3. The quantitative estimate of drug-likeness (QED) is 0.893. The molecule has 2 aliphatic rings. The Hall–Kier alpha value is -1.37. The van der Waals surface area contributed by atoms with Gasteiger partial charge in [0.2, 0.25) is 0 Å². The van der Waals surface area contributed by atoms with Gasteiger partial charge in [-0.2, -0.15) is 5.26 Å². The highest BCUT2D eigenvalue weighted by Gasteiger charge is 2.34. The van der Waals surface area contributed by atoms with E-state index in [4.69, 9.17) is 5.26 Å². The number of nitrogens with one attached hydrogen (secondary N) is 1. The van der Waals surface area contributed by atoms with Crippen molar-refractivity contribution >= 4 is 0 Å². The van der Waals surface area contributed by atoms with Crippen LogP contribution in [0.3, 0.4) is 0 Å². The molecule has 0 aromatic heterocycles. The summed E-state index contributed by atoms with van der Waals surface area (Å²) in [6.07, 6.45) is 4.16. The Morgan fingerprint density at radius 2 is 2.25 bits per heavy atom. The second-order valence-electron chi connectivity index (χ2n) is 6.25. The number of nitrogens with zero attached hydrogens (tertiary/aromatic N) is 2. The second-order valence-corrected chi connectivity index (χ2v) is 6.25. The molecule has 0 bridgehead atoms. The predicted octanol–water partition coefficient (Wildman–Crippen LogP) is 2.69. The van der Waals surface area contributed by atoms with Gasteiger partial charge in [0.05, 0.1) is 11.6 Å². The second kappa shape index (κ2) is 5.95. The van der Waals surface area contributed by atoms with Gasteiger partial charge < -0.3 is 10.2 Å². The molecular formula is C17H23N3. The maximum absolute atomic E-state index is 8.96. The molecule has 2 atom stereocenters. The summed E-state index contributed by atoms with van der Waals surface area (Å²) >= 11 is 0. The molecule has 1 aromatic carbocycles. The predicted molar refractivity (Wildman–Crippen MR) is 80.3 cm³/mol. The molecule has 3 nitrogen and oxygen atoms in total. The first-order valence-electron chi connectivity index (χ1n) is 7.74. The molecule has 1 aliphatic carbocycles. The molecule has 1 N–H and O–H groups in total. The van der Waals surface area contributed by atoms with Gasteiger partial charge in [-0.1, -0.05) is 12.1 Å². The van der Waals surface area contributed by atoms with Crippen molar-refractivity contribution in [2.24, 2.45) is 5.92 Å². The summed E-state index contributed by atoms with van der Waals surface area (Å²) in [7, 11) is 0. The maximum atomic E-state index is 8.96. The highest BCUT2D eigenvalue weighted by atomic mass is 15.2. The molecule has 106 valence electrons. The Balaban J connectivity index is 1.49. The summed E-state index contributed by atoms with van der Waals surface area (Å²) in [5, 5.41) is 12.6. The fraction of sp³-hybridized carbons (Fsp3) is 0.588. The maximum Gasteiger partial charge on any atom is 0.0991 e. The zero-order chi connectivity index (χ0) is 13.9. The summed E-state index contributed by atoms with van der Waals surface area (Å²) in [5.41, 5.74) is 1.96. The van der Waals surface area contributed by atoms with Gasteiger partial charge in [0.15, 0.2) is 0 Å². The number of nitriles is 1. The lowest BCUT2D eigenvalue weighted by Gasteiger charge is -2.19. The highest BCUT2D eigenvalue weighted by molar-refractivity contribution is 5.34. The van der Waals surface area contributed by atoms with E-state index >= 15 is 0 Å². The Morgan fingerprint density at radius 3 is 3.00 bits per heavy atom. The van der Waals surface area contributed by atoms with Crippen molar-refractivity contribution in [1.29, 1.82) is 5.26 Å². The molecule has 20 heavy (non-hydrogen) atoms. The minimum Gasteiger partial charge on any atom is -0.310 e. The first-order valence-corrected chi connectivity index (χ1v) is 7.74. The van der Waals surface area contributed by atoms with Crippen molar-refractivity contribution in [3.63, 3.8) is 0 Å². The van der Waals surface area contributed by atoms with E-state index in [2.05, 4.69) is 29.3 Å². The van der Waals surface area contributed by atoms with Crippen molar-refractivity contribution in [3.8, 4) is 6.07 Å². The van der Waals surface area contributed by atoms with Gasteiger partial charge in [-0.25, -0.2) is 0 Å². The monoisotopic (exact) mass is 269 g/mol. The summed E-state index contributed by atoms with van der Waals surface area (Å²) in [6.45, 7) is 5.82. The molecule has 1 aliphatic heterocycles. The topological polar surface area (TPSA) is 39.1 Å². The van der Waals surface area contributed by atoms with Crippen molar-refractivity contribution < 1.29 is 0 Å². The molecular weight excluding hydrogens is 246 g/mol. The molecule has 1 saturated carbocycles. The van der Waals surface area contributed by atoms with E-state index in [1.54, 1.807) is 0 Å². The number of likely N-dealkylation sites (tertiary alicyclic amines) is 1. The smallest absolute Gasteiger partial charge is 0.0991 e. The molecule has 0 radical (unpaired) electrons.